The number of nitrogens with one attached hydrogen (secondary N) is 1. The molecule has 3 heterocycles. The first kappa shape index (κ1) is 14.9. The van der Waals surface area contributed by atoms with E-state index in [1.807, 2.05) is 19.2 Å². The molecule has 0 aromatic carbocycles. The maximum absolute atomic E-state index is 12.7. The van der Waals surface area contributed by atoms with Crippen LogP contribution in [0.15, 0.2) is 35.3 Å². The standard InChI is InChI=1S/C18H20N4O2/c1-22-17-15(9-13(10-19-17)12-7-8-24-11-12)16(21-22)18(23)20-14-5-3-2-4-6-14/h7-11,14H,2-6H2,1H3,(H,20,23). The number of rotatable bonds is 3. The fourth-order valence-electron chi connectivity index (χ4n) is 3.40. The lowest BCUT2D eigenvalue weighted by Crippen LogP contribution is -2.36. The highest BCUT2D eigenvalue weighted by Gasteiger charge is 2.22. The zero-order valence-corrected chi connectivity index (χ0v) is 13.7. The van der Waals surface area contributed by atoms with E-state index in [0.717, 1.165) is 29.4 Å². The second-order valence-corrected chi connectivity index (χ2v) is 6.39. The van der Waals surface area contributed by atoms with Crippen LogP contribution in [0.1, 0.15) is 42.6 Å². The number of pyridine rings is 1. The van der Waals surface area contributed by atoms with Crippen molar-refractivity contribution < 1.29 is 9.21 Å². The van der Waals surface area contributed by atoms with E-state index in [1.54, 1.807) is 23.4 Å². The Morgan fingerprint density at radius 3 is 2.88 bits per heavy atom. The van der Waals surface area contributed by atoms with E-state index in [4.69, 9.17) is 4.42 Å². The molecule has 0 atom stereocenters. The molecule has 0 spiro atoms. The smallest absolute Gasteiger partial charge is 0.272 e. The van der Waals surface area contributed by atoms with Crippen LogP contribution in [0.5, 0.6) is 0 Å². The highest BCUT2D eigenvalue weighted by molar-refractivity contribution is 6.05. The van der Waals surface area contributed by atoms with Crippen LogP contribution in [-0.2, 0) is 7.05 Å². The van der Waals surface area contributed by atoms with Crippen LogP contribution in [0.2, 0.25) is 0 Å². The molecule has 1 fully saturated rings. The van der Waals surface area contributed by atoms with Gasteiger partial charge >= 0.3 is 0 Å². The Bertz CT molecular complexity index is 861. The van der Waals surface area contributed by atoms with Crippen LogP contribution in [-0.4, -0.2) is 26.7 Å². The second kappa shape index (κ2) is 6.11. The zero-order valence-electron chi connectivity index (χ0n) is 13.7. The van der Waals surface area contributed by atoms with Crippen molar-refractivity contribution in [3.8, 4) is 11.1 Å². The SMILES string of the molecule is Cn1nc(C(=O)NC2CCCCC2)c2cc(-c3ccoc3)cnc21. The summed E-state index contributed by atoms with van der Waals surface area (Å²) < 4.78 is 6.79. The molecule has 1 saturated carbocycles. The Kier molecular flexibility index (Phi) is 3.80. The van der Waals surface area contributed by atoms with Crippen molar-refractivity contribution in [2.45, 2.75) is 38.1 Å². The van der Waals surface area contributed by atoms with Gasteiger partial charge < -0.3 is 9.73 Å². The number of hydrogen-bond donors (Lipinski definition) is 1. The molecular weight excluding hydrogens is 304 g/mol. The number of hydrogen-bond acceptors (Lipinski definition) is 4. The first-order chi connectivity index (χ1) is 11.7. The van der Waals surface area contributed by atoms with Crippen molar-refractivity contribution in [2.24, 2.45) is 7.05 Å². The quantitative estimate of drug-likeness (QED) is 0.802. The summed E-state index contributed by atoms with van der Waals surface area (Å²) in [6.07, 6.45) is 10.8. The van der Waals surface area contributed by atoms with Gasteiger partial charge in [0.05, 0.1) is 17.9 Å². The summed E-state index contributed by atoms with van der Waals surface area (Å²) in [5.74, 6) is -0.112. The minimum Gasteiger partial charge on any atom is -0.472 e. The summed E-state index contributed by atoms with van der Waals surface area (Å²) in [6, 6.07) is 4.09. The average molecular weight is 324 g/mol. The number of furan rings is 1. The van der Waals surface area contributed by atoms with Crippen LogP contribution >= 0.6 is 0 Å². The van der Waals surface area contributed by atoms with Crippen LogP contribution in [0.4, 0.5) is 0 Å². The first-order valence-corrected chi connectivity index (χ1v) is 8.38. The van der Waals surface area contributed by atoms with Gasteiger partial charge in [0.25, 0.3) is 5.91 Å². The van der Waals surface area contributed by atoms with E-state index in [1.165, 1.54) is 19.3 Å². The number of aromatic nitrogens is 3. The summed E-state index contributed by atoms with van der Waals surface area (Å²) in [5.41, 5.74) is 3.00. The fourth-order valence-corrected chi connectivity index (χ4v) is 3.40. The van der Waals surface area contributed by atoms with Gasteiger partial charge in [-0.3, -0.25) is 4.79 Å². The van der Waals surface area contributed by atoms with Crippen molar-refractivity contribution in [3.63, 3.8) is 0 Å². The van der Waals surface area contributed by atoms with Gasteiger partial charge in [0.1, 0.15) is 0 Å². The van der Waals surface area contributed by atoms with Gasteiger partial charge in [-0.15, -0.1) is 0 Å². The summed E-state index contributed by atoms with van der Waals surface area (Å²) in [5, 5.41) is 8.30. The molecule has 124 valence electrons. The number of amides is 1. The molecule has 1 amide bonds. The number of aryl methyl sites for hydroxylation is 1. The third-order valence-corrected chi connectivity index (χ3v) is 4.69. The van der Waals surface area contributed by atoms with E-state index in [-0.39, 0.29) is 11.9 Å². The molecule has 6 nitrogen and oxygen atoms in total. The van der Waals surface area contributed by atoms with E-state index < -0.39 is 0 Å². The second-order valence-electron chi connectivity index (χ2n) is 6.39. The summed E-state index contributed by atoms with van der Waals surface area (Å²) in [6.45, 7) is 0. The lowest BCUT2D eigenvalue weighted by atomic mass is 9.95. The molecular formula is C18H20N4O2. The van der Waals surface area contributed by atoms with Crippen LogP contribution in [0, 0.1) is 0 Å². The molecule has 24 heavy (non-hydrogen) atoms. The maximum Gasteiger partial charge on any atom is 0.272 e. The van der Waals surface area contributed by atoms with E-state index >= 15 is 0 Å². The van der Waals surface area contributed by atoms with Crippen molar-refractivity contribution in [2.75, 3.05) is 0 Å². The molecule has 0 saturated heterocycles. The van der Waals surface area contributed by atoms with Gasteiger partial charge in [-0.1, -0.05) is 19.3 Å². The number of carbonyl (C=O) groups is 1. The minimum atomic E-state index is -0.112. The highest BCUT2D eigenvalue weighted by atomic mass is 16.3. The first-order valence-electron chi connectivity index (χ1n) is 8.38. The predicted molar refractivity (Wildman–Crippen MR) is 90.6 cm³/mol. The Morgan fingerprint density at radius 2 is 2.12 bits per heavy atom. The molecule has 0 radical (unpaired) electrons. The highest BCUT2D eigenvalue weighted by Crippen LogP contribution is 2.25. The summed E-state index contributed by atoms with van der Waals surface area (Å²) >= 11 is 0. The van der Waals surface area contributed by atoms with Gasteiger partial charge in [0.2, 0.25) is 0 Å². The molecule has 4 rings (SSSR count). The Hall–Kier alpha value is -2.63. The Labute approximate surface area is 139 Å². The third-order valence-electron chi connectivity index (χ3n) is 4.69. The van der Waals surface area contributed by atoms with Crippen molar-refractivity contribution in [1.82, 2.24) is 20.1 Å². The predicted octanol–water partition coefficient (Wildman–Crippen LogP) is 3.29. The number of fused-ring (bicyclic) bond motifs is 1. The molecule has 1 aliphatic rings. The number of nitrogens with zero attached hydrogens (tertiary/aromatic N) is 3. The number of carbonyl (C=O) groups excluding carboxylic acids is 1. The maximum atomic E-state index is 12.7. The van der Waals surface area contributed by atoms with Gasteiger partial charge in [-0.25, -0.2) is 9.67 Å². The van der Waals surface area contributed by atoms with Crippen molar-refractivity contribution in [1.29, 1.82) is 0 Å². The molecule has 0 bridgehead atoms. The lowest BCUT2D eigenvalue weighted by Gasteiger charge is -2.22. The Balaban J connectivity index is 1.69. The molecule has 1 aliphatic carbocycles. The lowest BCUT2D eigenvalue weighted by molar-refractivity contribution is 0.0923. The van der Waals surface area contributed by atoms with Gasteiger partial charge in [0, 0.05) is 30.4 Å². The van der Waals surface area contributed by atoms with Gasteiger partial charge in [-0.2, -0.15) is 5.10 Å². The summed E-state index contributed by atoms with van der Waals surface area (Å²) in [7, 11) is 1.81. The average Bonchev–Trinajstić information content (AvgIpc) is 3.24. The van der Waals surface area contributed by atoms with Crippen molar-refractivity contribution >= 4 is 16.9 Å². The monoisotopic (exact) mass is 324 g/mol. The van der Waals surface area contributed by atoms with Crippen LogP contribution < -0.4 is 5.32 Å². The topological polar surface area (TPSA) is 73.0 Å². The third kappa shape index (κ3) is 2.68. The molecule has 6 heteroatoms. The van der Waals surface area contributed by atoms with Crippen LogP contribution in [0.25, 0.3) is 22.2 Å². The zero-order chi connectivity index (χ0) is 16.5. The fraction of sp³-hybridized carbons (Fsp3) is 0.389. The van der Waals surface area contributed by atoms with Gasteiger partial charge in [0.15, 0.2) is 11.3 Å². The van der Waals surface area contributed by atoms with Crippen LogP contribution in [0.3, 0.4) is 0 Å². The minimum absolute atomic E-state index is 0.112. The summed E-state index contributed by atoms with van der Waals surface area (Å²) in [4.78, 5) is 17.2. The molecule has 1 N–H and O–H groups in total. The molecule has 0 aliphatic heterocycles. The van der Waals surface area contributed by atoms with E-state index in [9.17, 15) is 4.79 Å². The molecule has 3 aromatic rings. The molecule has 3 aromatic heterocycles. The van der Waals surface area contributed by atoms with E-state index in [2.05, 4.69) is 15.4 Å². The Morgan fingerprint density at radius 1 is 1.29 bits per heavy atom. The van der Waals surface area contributed by atoms with Gasteiger partial charge in [-0.05, 0) is 25.0 Å². The normalized spacial score (nSPS) is 15.7. The molecule has 0 unspecified atom stereocenters. The largest absolute Gasteiger partial charge is 0.472 e. The van der Waals surface area contributed by atoms with Crippen molar-refractivity contribution in [3.05, 3.63) is 36.5 Å². The van der Waals surface area contributed by atoms with E-state index in [0.29, 0.717) is 11.3 Å².